The first kappa shape index (κ1) is 18.2. The van der Waals surface area contributed by atoms with Gasteiger partial charge in [-0.05, 0) is 36.8 Å². The molecule has 2 N–H and O–H groups in total. The molecule has 1 aliphatic heterocycles. The van der Waals surface area contributed by atoms with Gasteiger partial charge in [-0.25, -0.2) is 4.79 Å². The van der Waals surface area contributed by atoms with Crippen LogP contribution in [0.1, 0.15) is 18.1 Å². The highest BCUT2D eigenvalue weighted by atomic mass is 16.5. The molecule has 2 aromatic carbocycles. The lowest BCUT2D eigenvalue weighted by molar-refractivity contribution is -0.131. The molecule has 140 valence electrons. The van der Waals surface area contributed by atoms with Gasteiger partial charge in [-0.2, -0.15) is 5.10 Å². The SMILES string of the molecule is COc1ccc(C2(C)NC(=O)N(N=Cc3cccc(OC)c3O)C2=O)cc1. The molecule has 2 aromatic rings. The first-order valence-corrected chi connectivity index (χ1v) is 8.12. The third-order valence-corrected chi connectivity index (χ3v) is 4.40. The number of amides is 3. The lowest BCUT2D eigenvalue weighted by atomic mass is 9.92. The molecule has 3 rings (SSSR count). The maximum atomic E-state index is 12.8. The molecule has 0 aromatic heterocycles. The number of methoxy groups -OCH3 is 2. The molecule has 1 aliphatic rings. The van der Waals surface area contributed by atoms with Gasteiger partial charge in [-0.1, -0.05) is 18.2 Å². The van der Waals surface area contributed by atoms with Gasteiger partial charge in [-0.15, -0.1) is 5.01 Å². The summed E-state index contributed by atoms with van der Waals surface area (Å²) in [6, 6.07) is 11.0. The van der Waals surface area contributed by atoms with Crippen LogP contribution in [0.25, 0.3) is 0 Å². The number of carbonyl (C=O) groups excluding carboxylic acids is 2. The Labute approximate surface area is 156 Å². The van der Waals surface area contributed by atoms with Gasteiger partial charge in [0.1, 0.15) is 11.3 Å². The molecule has 0 radical (unpaired) electrons. The number of rotatable bonds is 5. The highest BCUT2D eigenvalue weighted by molar-refractivity contribution is 6.07. The van der Waals surface area contributed by atoms with E-state index in [4.69, 9.17) is 9.47 Å². The molecular formula is C19H19N3O5. The van der Waals surface area contributed by atoms with Crippen LogP contribution in [0.15, 0.2) is 47.6 Å². The van der Waals surface area contributed by atoms with E-state index in [1.165, 1.54) is 13.3 Å². The van der Waals surface area contributed by atoms with E-state index in [0.717, 1.165) is 5.01 Å². The molecule has 1 saturated heterocycles. The number of hydrazone groups is 1. The van der Waals surface area contributed by atoms with Crippen LogP contribution in [0.5, 0.6) is 17.2 Å². The molecule has 8 nitrogen and oxygen atoms in total. The monoisotopic (exact) mass is 369 g/mol. The number of para-hydroxylation sites is 1. The van der Waals surface area contributed by atoms with Gasteiger partial charge in [0, 0.05) is 5.56 Å². The number of imide groups is 1. The first-order valence-electron chi connectivity index (χ1n) is 8.12. The van der Waals surface area contributed by atoms with Crippen molar-refractivity contribution in [3.63, 3.8) is 0 Å². The largest absolute Gasteiger partial charge is 0.504 e. The molecule has 0 aliphatic carbocycles. The van der Waals surface area contributed by atoms with Gasteiger partial charge in [0.2, 0.25) is 0 Å². The van der Waals surface area contributed by atoms with Crippen LogP contribution in [-0.2, 0) is 10.3 Å². The van der Waals surface area contributed by atoms with Crippen LogP contribution < -0.4 is 14.8 Å². The molecule has 27 heavy (non-hydrogen) atoms. The minimum Gasteiger partial charge on any atom is -0.504 e. The standard InChI is InChI=1S/C19H19N3O5/c1-19(13-7-9-14(26-2)10-8-13)17(24)22(18(25)21-19)20-11-12-5-4-6-15(27-3)16(12)23/h4-11,23H,1-3H3,(H,21,25). The molecule has 8 heteroatoms. The molecular weight excluding hydrogens is 350 g/mol. The Morgan fingerprint density at radius 2 is 1.81 bits per heavy atom. The van der Waals surface area contributed by atoms with Gasteiger partial charge in [-0.3, -0.25) is 4.79 Å². The lowest BCUT2D eigenvalue weighted by Crippen LogP contribution is -2.40. The predicted octanol–water partition coefficient (Wildman–Crippen LogP) is 2.21. The Morgan fingerprint density at radius 3 is 2.44 bits per heavy atom. The van der Waals surface area contributed by atoms with E-state index in [2.05, 4.69) is 10.4 Å². The Bertz CT molecular complexity index is 910. The average molecular weight is 369 g/mol. The number of aromatic hydroxyl groups is 1. The van der Waals surface area contributed by atoms with Crippen molar-refractivity contribution in [2.24, 2.45) is 5.10 Å². The van der Waals surface area contributed by atoms with Crippen molar-refractivity contribution in [2.45, 2.75) is 12.5 Å². The zero-order valence-electron chi connectivity index (χ0n) is 15.1. The molecule has 3 amide bonds. The van der Waals surface area contributed by atoms with Gasteiger partial charge >= 0.3 is 6.03 Å². The average Bonchev–Trinajstić information content (AvgIpc) is 2.90. The summed E-state index contributed by atoms with van der Waals surface area (Å²) in [4.78, 5) is 25.1. The van der Waals surface area contributed by atoms with E-state index in [0.29, 0.717) is 16.9 Å². The zero-order valence-corrected chi connectivity index (χ0v) is 15.1. The summed E-state index contributed by atoms with van der Waals surface area (Å²) in [7, 11) is 2.97. The summed E-state index contributed by atoms with van der Waals surface area (Å²) >= 11 is 0. The van der Waals surface area contributed by atoms with E-state index in [1.807, 2.05) is 0 Å². The fraction of sp³-hybridized carbons (Fsp3) is 0.211. The Morgan fingerprint density at radius 1 is 1.11 bits per heavy atom. The van der Waals surface area contributed by atoms with Crippen molar-refractivity contribution < 1.29 is 24.2 Å². The highest BCUT2D eigenvalue weighted by Crippen LogP contribution is 2.31. The maximum Gasteiger partial charge on any atom is 0.346 e. The summed E-state index contributed by atoms with van der Waals surface area (Å²) in [6.45, 7) is 1.60. The molecule has 1 fully saturated rings. The Hall–Kier alpha value is -3.55. The van der Waals surface area contributed by atoms with Crippen molar-refractivity contribution in [3.05, 3.63) is 53.6 Å². The smallest absolute Gasteiger partial charge is 0.346 e. The lowest BCUT2D eigenvalue weighted by Gasteiger charge is -2.21. The van der Waals surface area contributed by atoms with Crippen molar-refractivity contribution in [1.29, 1.82) is 0 Å². The number of nitrogens with one attached hydrogen (secondary N) is 1. The van der Waals surface area contributed by atoms with Crippen LogP contribution >= 0.6 is 0 Å². The third kappa shape index (κ3) is 3.17. The topological polar surface area (TPSA) is 100 Å². The summed E-state index contributed by atoms with van der Waals surface area (Å²) in [5, 5.41) is 17.4. The minimum absolute atomic E-state index is 0.131. The number of nitrogens with zero attached hydrogens (tertiary/aromatic N) is 2. The molecule has 1 unspecified atom stereocenters. The second-order valence-electron chi connectivity index (χ2n) is 6.04. The van der Waals surface area contributed by atoms with Crippen LogP contribution in [0.3, 0.4) is 0 Å². The number of phenols is 1. The van der Waals surface area contributed by atoms with Gasteiger partial charge in [0.15, 0.2) is 11.5 Å². The van der Waals surface area contributed by atoms with Crippen LogP contribution in [0.4, 0.5) is 4.79 Å². The van der Waals surface area contributed by atoms with E-state index in [1.54, 1.807) is 56.5 Å². The highest BCUT2D eigenvalue weighted by Gasteiger charge is 2.49. The number of carbonyl (C=O) groups is 2. The predicted molar refractivity (Wildman–Crippen MR) is 98.0 cm³/mol. The van der Waals surface area contributed by atoms with Crippen LogP contribution in [-0.4, -0.2) is 42.5 Å². The summed E-state index contributed by atoms with van der Waals surface area (Å²) in [5.74, 6) is 0.242. The second-order valence-corrected chi connectivity index (χ2v) is 6.04. The van der Waals surface area contributed by atoms with E-state index in [-0.39, 0.29) is 11.5 Å². The summed E-state index contributed by atoms with van der Waals surface area (Å²) in [5.41, 5.74) is -0.339. The fourth-order valence-electron chi connectivity index (χ4n) is 2.78. The van der Waals surface area contributed by atoms with Gasteiger partial charge in [0.25, 0.3) is 5.91 Å². The van der Waals surface area contributed by atoms with Crippen LogP contribution in [0.2, 0.25) is 0 Å². The third-order valence-electron chi connectivity index (χ3n) is 4.40. The van der Waals surface area contributed by atoms with E-state index < -0.39 is 17.5 Å². The number of benzene rings is 2. The molecule has 0 saturated carbocycles. The van der Waals surface area contributed by atoms with E-state index >= 15 is 0 Å². The number of urea groups is 1. The first-order chi connectivity index (χ1) is 12.9. The summed E-state index contributed by atoms with van der Waals surface area (Å²) < 4.78 is 10.1. The van der Waals surface area contributed by atoms with Crippen molar-refractivity contribution in [3.8, 4) is 17.2 Å². The number of ether oxygens (including phenoxy) is 2. The van der Waals surface area contributed by atoms with Crippen molar-refractivity contribution in [1.82, 2.24) is 10.3 Å². The van der Waals surface area contributed by atoms with Crippen molar-refractivity contribution in [2.75, 3.05) is 14.2 Å². The summed E-state index contributed by atoms with van der Waals surface area (Å²) in [6.07, 6.45) is 1.23. The quantitative estimate of drug-likeness (QED) is 0.622. The molecule has 1 atom stereocenters. The second kappa shape index (κ2) is 6.99. The maximum absolute atomic E-state index is 12.8. The Kier molecular flexibility index (Phi) is 4.72. The molecule has 0 bridgehead atoms. The van der Waals surface area contributed by atoms with Crippen molar-refractivity contribution >= 4 is 18.2 Å². The minimum atomic E-state index is -1.25. The van der Waals surface area contributed by atoms with Crippen LogP contribution in [0, 0.1) is 0 Å². The zero-order chi connectivity index (χ0) is 19.6. The normalized spacial score (nSPS) is 19.4. The van der Waals surface area contributed by atoms with Gasteiger partial charge < -0.3 is 19.9 Å². The molecule has 1 heterocycles. The van der Waals surface area contributed by atoms with Gasteiger partial charge in [0.05, 0.1) is 20.4 Å². The molecule has 0 spiro atoms. The van der Waals surface area contributed by atoms with E-state index in [9.17, 15) is 14.7 Å². The number of phenolic OH excluding ortho intramolecular Hbond substituents is 1. The number of hydrogen-bond acceptors (Lipinski definition) is 6. The Balaban J connectivity index is 1.87. The number of hydrogen-bond donors (Lipinski definition) is 2. The fourth-order valence-corrected chi connectivity index (χ4v) is 2.78.